The number of amides is 1. The lowest BCUT2D eigenvalue weighted by atomic mass is 10.2. The standard InChI is InChI=1S/C13H14N2O2/c1-15(13(16)11-6-7-17-9-11)8-10-2-4-12(14)5-3-10/h2-7,9H,8,14H2,1H3. The number of furan rings is 1. The second kappa shape index (κ2) is 4.74. The maximum Gasteiger partial charge on any atom is 0.257 e. The Morgan fingerprint density at radius 2 is 2.00 bits per heavy atom. The van der Waals surface area contributed by atoms with Crippen LogP contribution in [0.25, 0.3) is 0 Å². The van der Waals surface area contributed by atoms with Crippen LogP contribution in [-0.4, -0.2) is 17.9 Å². The van der Waals surface area contributed by atoms with E-state index in [2.05, 4.69) is 0 Å². The number of nitrogens with two attached hydrogens (primary N) is 1. The van der Waals surface area contributed by atoms with E-state index in [1.807, 2.05) is 24.3 Å². The van der Waals surface area contributed by atoms with E-state index >= 15 is 0 Å². The molecular weight excluding hydrogens is 216 g/mol. The van der Waals surface area contributed by atoms with Crippen molar-refractivity contribution in [2.24, 2.45) is 0 Å². The van der Waals surface area contributed by atoms with Crippen molar-refractivity contribution in [3.8, 4) is 0 Å². The second-order valence-corrected chi connectivity index (χ2v) is 3.91. The van der Waals surface area contributed by atoms with E-state index < -0.39 is 0 Å². The zero-order valence-electron chi connectivity index (χ0n) is 9.59. The third-order valence-electron chi connectivity index (χ3n) is 2.51. The Morgan fingerprint density at radius 1 is 1.29 bits per heavy atom. The van der Waals surface area contributed by atoms with Gasteiger partial charge in [0.2, 0.25) is 0 Å². The molecule has 0 spiro atoms. The molecule has 0 radical (unpaired) electrons. The molecule has 0 fully saturated rings. The summed E-state index contributed by atoms with van der Waals surface area (Å²) in [6.45, 7) is 0.546. The average Bonchev–Trinajstić information content (AvgIpc) is 2.84. The summed E-state index contributed by atoms with van der Waals surface area (Å²) < 4.78 is 4.89. The number of benzene rings is 1. The SMILES string of the molecule is CN(Cc1ccc(N)cc1)C(=O)c1ccoc1. The second-order valence-electron chi connectivity index (χ2n) is 3.91. The average molecular weight is 230 g/mol. The van der Waals surface area contributed by atoms with E-state index in [9.17, 15) is 4.79 Å². The van der Waals surface area contributed by atoms with Gasteiger partial charge in [0.05, 0.1) is 11.8 Å². The molecule has 0 saturated heterocycles. The lowest BCUT2D eigenvalue weighted by molar-refractivity contribution is 0.0784. The third kappa shape index (κ3) is 2.66. The Kier molecular flexibility index (Phi) is 3.14. The molecule has 1 amide bonds. The molecule has 0 unspecified atom stereocenters. The molecule has 0 aliphatic carbocycles. The molecule has 2 N–H and O–H groups in total. The van der Waals surface area contributed by atoms with Gasteiger partial charge in [0.15, 0.2) is 0 Å². The molecule has 1 aromatic carbocycles. The van der Waals surface area contributed by atoms with Crippen molar-refractivity contribution in [3.63, 3.8) is 0 Å². The number of rotatable bonds is 3. The number of anilines is 1. The fourth-order valence-electron chi connectivity index (χ4n) is 1.58. The first kappa shape index (κ1) is 11.3. The summed E-state index contributed by atoms with van der Waals surface area (Å²) in [4.78, 5) is 13.6. The van der Waals surface area contributed by atoms with Gasteiger partial charge in [-0.2, -0.15) is 0 Å². The fourth-order valence-corrected chi connectivity index (χ4v) is 1.58. The van der Waals surface area contributed by atoms with Gasteiger partial charge in [-0.05, 0) is 23.8 Å². The first-order chi connectivity index (χ1) is 8.16. The van der Waals surface area contributed by atoms with Crippen LogP contribution in [0.3, 0.4) is 0 Å². The highest BCUT2D eigenvalue weighted by Gasteiger charge is 2.12. The van der Waals surface area contributed by atoms with E-state index in [0.717, 1.165) is 11.3 Å². The van der Waals surface area contributed by atoms with E-state index in [4.69, 9.17) is 10.2 Å². The van der Waals surface area contributed by atoms with Crippen LogP contribution in [0.1, 0.15) is 15.9 Å². The van der Waals surface area contributed by atoms with E-state index in [1.54, 1.807) is 18.0 Å². The summed E-state index contributed by atoms with van der Waals surface area (Å²) in [5, 5.41) is 0. The van der Waals surface area contributed by atoms with Crippen molar-refractivity contribution < 1.29 is 9.21 Å². The molecule has 1 aromatic heterocycles. The summed E-state index contributed by atoms with van der Waals surface area (Å²) >= 11 is 0. The maximum atomic E-state index is 11.9. The van der Waals surface area contributed by atoms with Crippen molar-refractivity contribution in [2.75, 3.05) is 12.8 Å². The maximum absolute atomic E-state index is 11.9. The number of carbonyl (C=O) groups is 1. The summed E-state index contributed by atoms with van der Waals surface area (Å²) in [7, 11) is 1.76. The molecule has 2 rings (SSSR count). The van der Waals surface area contributed by atoms with Gasteiger partial charge < -0.3 is 15.1 Å². The van der Waals surface area contributed by atoms with Crippen LogP contribution in [0, 0.1) is 0 Å². The molecule has 0 bridgehead atoms. The minimum Gasteiger partial charge on any atom is -0.472 e. The minimum absolute atomic E-state index is 0.0597. The first-order valence-electron chi connectivity index (χ1n) is 5.29. The Labute approximate surface area is 99.6 Å². The summed E-state index contributed by atoms with van der Waals surface area (Å²) in [6.07, 6.45) is 2.94. The smallest absolute Gasteiger partial charge is 0.257 e. The van der Waals surface area contributed by atoms with Crippen molar-refractivity contribution in [2.45, 2.75) is 6.54 Å². The van der Waals surface area contributed by atoms with Gasteiger partial charge in [-0.3, -0.25) is 4.79 Å². The quantitative estimate of drug-likeness (QED) is 0.822. The largest absolute Gasteiger partial charge is 0.472 e. The Balaban J connectivity index is 2.04. The van der Waals surface area contributed by atoms with Gasteiger partial charge in [-0.25, -0.2) is 0 Å². The zero-order valence-corrected chi connectivity index (χ0v) is 9.59. The molecule has 4 nitrogen and oxygen atoms in total. The van der Waals surface area contributed by atoms with Crippen molar-refractivity contribution >= 4 is 11.6 Å². The Bertz CT molecular complexity index is 489. The number of hydrogen-bond donors (Lipinski definition) is 1. The van der Waals surface area contributed by atoms with Gasteiger partial charge in [0, 0.05) is 19.3 Å². The summed E-state index contributed by atoms with van der Waals surface area (Å²) in [6, 6.07) is 9.13. The van der Waals surface area contributed by atoms with Crippen LogP contribution in [0.5, 0.6) is 0 Å². The third-order valence-corrected chi connectivity index (χ3v) is 2.51. The molecule has 0 saturated carbocycles. The number of nitrogens with zero attached hydrogens (tertiary/aromatic N) is 1. The van der Waals surface area contributed by atoms with Crippen molar-refractivity contribution in [3.05, 3.63) is 54.0 Å². The molecule has 2 aromatic rings. The van der Waals surface area contributed by atoms with Crippen LogP contribution in [-0.2, 0) is 6.54 Å². The summed E-state index contributed by atoms with van der Waals surface area (Å²) in [5.41, 5.74) is 7.92. The van der Waals surface area contributed by atoms with Gasteiger partial charge >= 0.3 is 0 Å². The molecular formula is C13H14N2O2. The zero-order chi connectivity index (χ0) is 12.3. The monoisotopic (exact) mass is 230 g/mol. The van der Waals surface area contributed by atoms with Gasteiger partial charge in [-0.15, -0.1) is 0 Å². The Hall–Kier alpha value is -2.23. The lowest BCUT2D eigenvalue weighted by Gasteiger charge is -2.16. The van der Waals surface area contributed by atoms with Crippen LogP contribution in [0.2, 0.25) is 0 Å². The first-order valence-corrected chi connectivity index (χ1v) is 5.29. The normalized spacial score (nSPS) is 10.2. The number of hydrogen-bond acceptors (Lipinski definition) is 3. The van der Waals surface area contributed by atoms with Gasteiger partial charge in [0.25, 0.3) is 5.91 Å². The Morgan fingerprint density at radius 3 is 2.59 bits per heavy atom. The highest BCUT2D eigenvalue weighted by Crippen LogP contribution is 2.10. The highest BCUT2D eigenvalue weighted by atomic mass is 16.3. The molecule has 88 valence electrons. The molecule has 0 atom stereocenters. The van der Waals surface area contributed by atoms with E-state index in [-0.39, 0.29) is 5.91 Å². The predicted molar refractivity (Wildman–Crippen MR) is 65.4 cm³/mol. The fraction of sp³-hybridized carbons (Fsp3) is 0.154. The molecule has 4 heteroatoms. The highest BCUT2D eigenvalue weighted by molar-refractivity contribution is 5.93. The molecule has 1 heterocycles. The van der Waals surface area contributed by atoms with Crippen molar-refractivity contribution in [1.29, 1.82) is 0 Å². The topological polar surface area (TPSA) is 59.5 Å². The molecule has 0 aliphatic rings. The lowest BCUT2D eigenvalue weighted by Crippen LogP contribution is -2.25. The molecule has 17 heavy (non-hydrogen) atoms. The van der Waals surface area contributed by atoms with Crippen molar-refractivity contribution in [1.82, 2.24) is 4.90 Å². The predicted octanol–water partition coefficient (Wildman–Crippen LogP) is 2.13. The van der Waals surface area contributed by atoms with Crippen LogP contribution in [0.15, 0.2) is 47.3 Å². The van der Waals surface area contributed by atoms with Crippen LogP contribution >= 0.6 is 0 Å². The number of carbonyl (C=O) groups excluding carboxylic acids is 1. The minimum atomic E-state index is -0.0597. The van der Waals surface area contributed by atoms with E-state index in [0.29, 0.717) is 12.1 Å². The van der Waals surface area contributed by atoms with E-state index in [1.165, 1.54) is 12.5 Å². The summed E-state index contributed by atoms with van der Waals surface area (Å²) in [5.74, 6) is -0.0597. The van der Waals surface area contributed by atoms with Gasteiger partial charge in [-0.1, -0.05) is 12.1 Å². The number of nitrogen functional groups attached to an aromatic ring is 1. The molecule has 0 aliphatic heterocycles. The van der Waals surface area contributed by atoms with Crippen LogP contribution < -0.4 is 5.73 Å². The van der Waals surface area contributed by atoms with Gasteiger partial charge in [0.1, 0.15) is 6.26 Å². The van der Waals surface area contributed by atoms with Crippen LogP contribution in [0.4, 0.5) is 5.69 Å².